The summed E-state index contributed by atoms with van der Waals surface area (Å²) >= 11 is 0. The van der Waals surface area contributed by atoms with E-state index in [1.807, 2.05) is 0 Å². The summed E-state index contributed by atoms with van der Waals surface area (Å²) in [5.74, 6) is -4.04. The van der Waals surface area contributed by atoms with Gasteiger partial charge in [-0.15, -0.1) is 0 Å². The third-order valence-corrected chi connectivity index (χ3v) is 4.24. The zero-order valence-corrected chi connectivity index (χ0v) is 23.2. The van der Waals surface area contributed by atoms with Crippen LogP contribution >= 0.6 is 0 Å². The van der Waals surface area contributed by atoms with Crippen molar-refractivity contribution in [3.8, 4) is 0 Å². The maximum Gasteiger partial charge on any atom is 1.00 e. The van der Waals surface area contributed by atoms with Crippen molar-refractivity contribution in [3.63, 3.8) is 0 Å². The molecule has 8 nitrogen and oxygen atoms in total. The Bertz CT molecular complexity index is 443. The maximum atomic E-state index is 10.1. The van der Waals surface area contributed by atoms with Crippen molar-refractivity contribution >= 4 is 17.9 Å². The molecule has 0 aliphatic heterocycles. The minimum Gasteiger partial charge on any atom is -0.550 e. The van der Waals surface area contributed by atoms with E-state index in [2.05, 4.69) is 20.8 Å². The molecule has 140 valence electrons. The zero-order valence-electron chi connectivity index (χ0n) is 17.2. The number of carbonyl (C=O) groups excluding carboxylic acids is 3. The number of hydrogen-bond donors (Lipinski definition) is 2. The average Bonchev–Trinajstić information content (AvgIpc) is 2.36. The molecule has 1 rings (SSSR count). The van der Waals surface area contributed by atoms with Crippen LogP contribution in [0.25, 0.3) is 0 Å². The monoisotopic (exact) mass is 414 g/mol. The molecule has 0 amide bonds. The first-order valence-electron chi connectivity index (χ1n) is 7.90. The molecular weight excluding hydrogens is 389 g/mol. The second-order valence-electron chi connectivity index (χ2n) is 6.81. The molecule has 11 heteroatoms. The number of carboxylic acids is 3. The number of aliphatic hydroxyl groups excluding tert-OH is 1. The van der Waals surface area contributed by atoms with Crippen molar-refractivity contribution in [2.75, 3.05) is 0 Å². The fraction of sp³-hybridized carbons (Fsp3) is 0.812. The van der Waals surface area contributed by atoms with Crippen LogP contribution in [0.15, 0.2) is 0 Å². The van der Waals surface area contributed by atoms with Crippen LogP contribution in [0, 0.1) is 17.8 Å². The minimum atomic E-state index is -2.97. The van der Waals surface area contributed by atoms with Crippen molar-refractivity contribution in [1.29, 1.82) is 0 Å². The van der Waals surface area contributed by atoms with E-state index in [9.17, 15) is 34.8 Å². The zero-order chi connectivity index (χ0) is 19.1. The van der Waals surface area contributed by atoms with Crippen LogP contribution in [0.2, 0.25) is 0 Å². The summed E-state index contributed by atoms with van der Waals surface area (Å²) in [4.78, 5) is 30.0. The van der Waals surface area contributed by atoms with E-state index in [0.717, 1.165) is 12.3 Å². The summed E-state index contributed by atoms with van der Waals surface area (Å²) in [6.07, 6.45) is 0.800. The Morgan fingerprint density at radius 2 is 1.41 bits per heavy atom. The van der Waals surface area contributed by atoms with Crippen LogP contribution in [-0.4, -0.2) is 39.8 Å². The molecule has 0 radical (unpaired) electrons. The second-order valence-corrected chi connectivity index (χ2v) is 6.81. The van der Waals surface area contributed by atoms with Crippen LogP contribution in [0.3, 0.4) is 0 Å². The Balaban J connectivity index is -0.000000178. The molecule has 0 spiro atoms. The van der Waals surface area contributed by atoms with E-state index in [0.29, 0.717) is 11.8 Å². The molecule has 1 fully saturated rings. The Morgan fingerprint density at radius 1 is 1.00 bits per heavy atom. The molecule has 0 heterocycles. The fourth-order valence-corrected chi connectivity index (χ4v) is 2.84. The number of carboxylic acid groups (broad SMARTS) is 3. The average molecular weight is 414 g/mol. The van der Waals surface area contributed by atoms with Crippen LogP contribution in [0.1, 0.15) is 52.9 Å². The van der Waals surface area contributed by atoms with E-state index in [4.69, 9.17) is 5.11 Å². The first kappa shape index (κ1) is 35.7. The molecule has 27 heavy (non-hydrogen) atoms. The van der Waals surface area contributed by atoms with Gasteiger partial charge in [0, 0.05) is 24.8 Å². The molecule has 0 saturated heterocycles. The van der Waals surface area contributed by atoms with Gasteiger partial charge in [-0.1, -0.05) is 27.2 Å². The van der Waals surface area contributed by atoms with Gasteiger partial charge in [-0.3, -0.25) is 0 Å². The van der Waals surface area contributed by atoms with Gasteiger partial charge in [-0.2, -0.15) is 0 Å². The third-order valence-electron chi connectivity index (χ3n) is 4.24. The minimum absolute atomic E-state index is 0. The molecule has 0 bridgehead atoms. The molecule has 2 N–H and O–H groups in total. The second kappa shape index (κ2) is 17.1. The summed E-state index contributed by atoms with van der Waals surface area (Å²) in [5.41, 5.74) is -2.97. The molecule has 3 atom stereocenters. The van der Waals surface area contributed by atoms with Crippen molar-refractivity contribution in [2.24, 2.45) is 17.8 Å². The van der Waals surface area contributed by atoms with Gasteiger partial charge in [0.05, 0.1) is 12.1 Å². The van der Waals surface area contributed by atoms with Crippen molar-refractivity contribution in [2.45, 2.75) is 64.6 Å². The molecule has 1 aliphatic carbocycles. The van der Waals surface area contributed by atoms with E-state index < -0.39 is 36.4 Å². The summed E-state index contributed by atoms with van der Waals surface area (Å²) in [6.45, 7) is 6.66. The molecule has 1 saturated carbocycles. The normalized spacial score (nSPS) is 21.3. The van der Waals surface area contributed by atoms with Gasteiger partial charge in [-0.25, -0.2) is 0 Å². The number of aliphatic carboxylic acids is 3. The number of rotatable bonds is 6. The summed E-state index contributed by atoms with van der Waals surface area (Å²) in [7, 11) is 0. The van der Waals surface area contributed by atoms with Crippen molar-refractivity contribution < 1.29 is 129 Å². The Labute approximate surface area is 226 Å². The molecule has 0 aromatic carbocycles. The summed E-state index contributed by atoms with van der Waals surface area (Å²) in [6, 6.07) is 0. The first-order chi connectivity index (χ1) is 10.9. The predicted molar refractivity (Wildman–Crippen MR) is 76.6 cm³/mol. The van der Waals surface area contributed by atoms with Crippen molar-refractivity contribution in [1.82, 2.24) is 0 Å². The van der Waals surface area contributed by atoms with Crippen molar-refractivity contribution in [3.05, 3.63) is 0 Å². The van der Waals surface area contributed by atoms with Gasteiger partial charge in [0.15, 0.2) is 0 Å². The third kappa shape index (κ3) is 14.9. The quantitative estimate of drug-likeness (QED) is 0.405. The standard InChI is InChI=1S/C10H20O.C6H8O7.3Na/c1-7(2)9-5-4-8(3)6-10(9)11;7-3(8)1-6(13,5(11)12)2-4(9)10;;;/h7-11H,4-6H2,1-3H3;13H,1-2H2,(H,7,8)(H,9,10)(H,11,12);;;/q;;3*+1/p-3. The van der Waals surface area contributed by atoms with Gasteiger partial charge in [-0.05, 0) is 30.6 Å². The van der Waals surface area contributed by atoms with E-state index in [1.54, 1.807) is 0 Å². The van der Waals surface area contributed by atoms with Gasteiger partial charge in [0.1, 0.15) is 5.60 Å². The molecule has 0 aromatic rings. The SMILES string of the molecule is CC1CCC(C(C)C)C(O)C1.O=C([O-])CC(O)(CC(=O)[O-])C(=O)[O-].[Na+].[Na+].[Na+]. The Hall–Kier alpha value is 1.33. The number of aliphatic hydroxyl groups is 2. The van der Waals surface area contributed by atoms with E-state index in [1.165, 1.54) is 12.8 Å². The van der Waals surface area contributed by atoms with Gasteiger partial charge in [0.25, 0.3) is 0 Å². The van der Waals surface area contributed by atoms with E-state index >= 15 is 0 Å². The number of hydrogen-bond acceptors (Lipinski definition) is 8. The van der Waals surface area contributed by atoms with Crippen LogP contribution in [0.5, 0.6) is 0 Å². The Morgan fingerprint density at radius 3 is 1.67 bits per heavy atom. The molecule has 3 unspecified atom stereocenters. The van der Waals surface area contributed by atoms with Crippen LogP contribution < -0.4 is 104 Å². The molecule has 0 aromatic heterocycles. The van der Waals surface area contributed by atoms with E-state index in [-0.39, 0.29) is 94.8 Å². The number of carbonyl (C=O) groups is 3. The first-order valence-corrected chi connectivity index (χ1v) is 7.90. The fourth-order valence-electron chi connectivity index (χ4n) is 2.84. The smallest absolute Gasteiger partial charge is 0.550 e. The van der Waals surface area contributed by atoms with Gasteiger partial charge < -0.3 is 39.9 Å². The molecule has 1 aliphatic rings. The largest absolute Gasteiger partial charge is 1.00 e. The van der Waals surface area contributed by atoms with Gasteiger partial charge >= 0.3 is 88.7 Å². The topological polar surface area (TPSA) is 161 Å². The van der Waals surface area contributed by atoms with Gasteiger partial charge in [0.2, 0.25) is 0 Å². The Kier molecular flexibility index (Phi) is 22.6. The maximum absolute atomic E-state index is 10.1. The predicted octanol–water partition coefficient (Wildman–Crippen LogP) is -11.8. The van der Waals surface area contributed by atoms with Crippen LogP contribution in [-0.2, 0) is 14.4 Å². The molecular formula is C16H25Na3O8. The summed E-state index contributed by atoms with van der Waals surface area (Å²) < 4.78 is 0. The van der Waals surface area contributed by atoms with Crippen LogP contribution in [0.4, 0.5) is 0 Å². The summed E-state index contributed by atoms with van der Waals surface area (Å²) in [5, 5.41) is 48.6.